The number of aliphatic carboxylic acids is 1. The molecule has 22 heavy (non-hydrogen) atoms. The van der Waals surface area contributed by atoms with Crippen molar-refractivity contribution >= 4 is 33.3 Å². The van der Waals surface area contributed by atoms with Crippen LogP contribution in [0.5, 0.6) is 0 Å². The second kappa shape index (κ2) is 5.96. The van der Waals surface area contributed by atoms with Gasteiger partial charge in [0.1, 0.15) is 0 Å². The summed E-state index contributed by atoms with van der Waals surface area (Å²) in [6, 6.07) is 6.15. The lowest BCUT2D eigenvalue weighted by Crippen LogP contribution is -2.41. The summed E-state index contributed by atoms with van der Waals surface area (Å²) in [5.41, 5.74) is -0.0487. The summed E-state index contributed by atoms with van der Waals surface area (Å²) in [6.07, 6.45) is 2.86. The summed E-state index contributed by atoms with van der Waals surface area (Å²) in [6.45, 7) is 0. The lowest BCUT2D eigenvalue weighted by atomic mass is 9.66. The van der Waals surface area contributed by atoms with Gasteiger partial charge in [0.15, 0.2) is 0 Å². The van der Waals surface area contributed by atoms with Gasteiger partial charge in [-0.25, -0.2) is 8.42 Å². The van der Waals surface area contributed by atoms with E-state index in [4.69, 9.17) is 0 Å². The molecule has 0 atom stereocenters. The van der Waals surface area contributed by atoms with Crippen LogP contribution >= 0.6 is 0 Å². The zero-order valence-corrected chi connectivity index (χ0v) is 12.9. The van der Waals surface area contributed by atoms with Crippen molar-refractivity contribution in [3.8, 4) is 0 Å². The number of carboxylic acid groups (broad SMARTS) is 1. The largest absolute Gasteiger partial charge is 0.481 e. The molecule has 1 saturated carbocycles. The second-order valence-corrected chi connectivity index (χ2v) is 7.36. The van der Waals surface area contributed by atoms with Gasteiger partial charge in [-0.15, -0.1) is 0 Å². The van der Waals surface area contributed by atoms with E-state index in [1.165, 1.54) is 12.1 Å². The summed E-state index contributed by atoms with van der Waals surface area (Å²) in [5.74, 6) is -1.28. The van der Waals surface area contributed by atoms with Gasteiger partial charge < -0.3 is 10.4 Å². The van der Waals surface area contributed by atoms with E-state index in [2.05, 4.69) is 10.0 Å². The molecule has 0 aliphatic heterocycles. The SMILES string of the molecule is CS(=O)(=O)Nc1ccc(NC(=O)CC2(C(=O)O)CCC2)cc1. The molecule has 1 aliphatic rings. The number of rotatable bonds is 6. The Morgan fingerprint density at radius 3 is 2.14 bits per heavy atom. The van der Waals surface area contributed by atoms with Crippen molar-refractivity contribution in [2.24, 2.45) is 5.41 Å². The zero-order valence-electron chi connectivity index (χ0n) is 12.1. The average molecular weight is 326 g/mol. The highest BCUT2D eigenvalue weighted by atomic mass is 32.2. The number of benzene rings is 1. The van der Waals surface area contributed by atoms with E-state index in [0.717, 1.165) is 12.7 Å². The number of carbonyl (C=O) groups excluding carboxylic acids is 1. The molecule has 8 heteroatoms. The highest BCUT2D eigenvalue weighted by molar-refractivity contribution is 7.92. The molecule has 0 radical (unpaired) electrons. The molecule has 0 spiro atoms. The molecule has 7 nitrogen and oxygen atoms in total. The molecule has 0 bridgehead atoms. The topological polar surface area (TPSA) is 113 Å². The predicted molar refractivity (Wildman–Crippen MR) is 82.1 cm³/mol. The van der Waals surface area contributed by atoms with Gasteiger partial charge in [-0.2, -0.15) is 0 Å². The van der Waals surface area contributed by atoms with Crippen LogP contribution in [0, 0.1) is 5.41 Å². The summed E-state index contributed by atoms with van der Waals surface area (Å²) in [7, 11) is -3.35. The van der Waals surface area contributed by atoms with E-state index in [1.54, 1.807) is 12.1 Å². The van der Waals surface area contributed by atoms with Gasteiger partial charge in [0.05, 0.1) is 11.7 Å². The van der Waals surface area contributed by atoms with Crippen LogP contribution in [0.15, 0.2) is 24.3 Å². The first kappa shape index (κ1) is 16.3. The normalized spacial score (nSPS) is 16.4. The van der Waals surface area contributed by atoms with E-state index < -0.39 is 21.4 Å². The Kier molecular flexibility index (Phi) is 4.41. The molecular weight excluding hydrogens is 308 g/mol. The molecule has 0 unspecified atom stereocenters. The third-order valence-corrected chi connectivity index (χ3v) is 4.34. The quantitative estimate of drug-likeness (QED) is 0.735. The minimum atomic E-state index is -3.35. The fraction of sp³-hybridized carbons (Fsp3) is 0.429. The van der Waals surface area contributed by atoms with E-state index in [0.29, 0.717) is 24.2 Å². The Morgan fingerprint density at radius 1 is 1.18 bits per heavy atom. The average Bonchev–Trinajstić information content (AvgIpc) is 2.34. The second-order valence-electron chi connectivity index (χ2n) is 5.62. The van der Waals surface area contributed by atoms with Crippen molar-refractivity contribution < 1.29 is 23.1 Å². The van der Waals surface area contributed by atoms with Crippen molar-refractivity contribution in [3.05, 3.63) is 24.3 Å². The summed E-state index contributed by atoms with van der Waals surface area (Å²) in [4.78, 5) is 23.2. The van der Waals surface area contributed by atoms with Gasteiger partial charge in [-0.05, 0) is 37.1 Å². The Labute approximate surface area is 128 Å². The first-order chi connectivity index (χ1) is 10.2. The first-order valence-corrected chi connectivity index (χ1v) is 8.70. The molecule has 1 aromatic carbocycles. The van der Waals surface area contributed by atoms with Crippen LogP contribution in [0.2, 0.25) is 0 Å². The van der Waals surface area contributed by atoms with Gasteiger partial charge in [-0.3, -0.25) is 14.3 Å². The number of amides is 1. The van der Waals surface area contributed by atoms with E-state index >= 15 is 0 Å². The fourth-order valence-corrected chi connectivity index (χ4v) is 2.98. The van der Waals surface area contributed by atoms with E-state index in [1.807, 2.05) is 0 Å². The van der Waals surface area contributed by atoms with Crippen LogP contribution in [-0.4, -0.2) is 31.7 Å². The minimum Gasteiger partial charge on any atom is -0.481 e. The van der Waals surface area contributed by atoms with Gasteiger partial charge in [0, 0.05) is 17.8 Å². The standard InChI is InChI=1S/C14H18N2O5S/c1-22(20,21)16-11-5-3-10(4-6-11)15-12(17)9-14(13(18)19)7-2-8-14/h3-6,16H,2,7-9H2,1H3,(H,15,17)(H,18,19). The summed E-state index contributed by atoms with van der Waals surface area (Å²) < 4.78 is 24.5. The molecule has 1 amide bonds. The van der Waals surface area contributed by atoms with Crippen LogP contribution < -0.4 is 10.0 Å². The smallest absolute Gasteiger partial charge is 0.310 e. The molecule has 0 saturated heterocycles. The lowest BCUT2D eigenvalue weighted by Gasteiger charge is -2.36. The molecule has 3 N–H and O–H groups in total. The van der Waals surface area contributed by atoms with Gasteiger partial charge in [0.25, 0.3) is 0 Å². The van der Waals surface area contributed by atoms with Crippen molar-refractivity contribution in [1.82, 2.24) is 0 Å². The molecule has 0 heterocycles. The van der Waals surface area contributed by atoms with Crippen LogP contribution in [0.4, 0.5) is 11.4 Å². The molecule has 1 fully saturated rings. The van der Waals surface area contributed by atoms with Crippen LogP contribution in [0.1, 0.15) is 25.7 Å². The third kappa shape index (κ3) is 3.97. The number of sulfonamides is 1. The molecule has 1 aliphatic carbocycles. The lowest BCUT2D eigenvalue weighted by molar-refractivity contribution is -0.157. The highest BCUT2D eigenvalue weighted by Gasteiger charge is 2.45. The Hall–Kier alpha value is -2.09. The van der Waals surface area contributed by atoms with Crippen LogP contribution in [0.3, 0.4) is 0 Å². The van der Waals surface area contributed by atoms with Crippen molar-refractivity contribution in [2.45, 2.75) is 25.7 Å². The van der Waals surface area contributed by atoms with Gasteiger partial charge >= 0.3 is 5.97 Å². The molecule has 2 rings (SSSR count). The first-order valence-electron chi connectivity index (χ1n) is 6.81. The number of hydrogen-bond acceptors (Lipinski definition) is 4. The molecule has 1 aromatic rings. The minimum absolute atomic E-state index is 0.0499. The van der Waals surface area contributed by atoms with Crippen LogP contribution in [-0.2, 0) is 19.6 Å². The number of carbonyl (C=O) groups is 2. The fourth-order valence-electron chi connectivity index (χ4n) is 2.42. The van der Waals surface area contributed by atoms with E-state index in [-0.39, 0.29) is 12.3 Å². The predicted octanol–water partition coefficient (Wildman–Crippen LogP) is 1.64. The number of anilines is 2. The van der Waals surface area contributed by atoms with Gasteiger partial charge in [-0.1, -0.05) is 6.42 Å². The monoisotopic (exact) mass is 326 g/mol. The Bertz CT molecular complexity index is 678. The number of hydrogen-bond donors (Lipinski definition) is 3. The summed E-state index contributed by atoms with van der Waals surface area (Å²) >= 11 is 0. The Balaban J connectivity index is 1.96. The number of nitrogens with one attached hydrogen (secondary N) is 2. The van der Waals surface area contributed by atoms with Crippen molar-refractivity contribution in [2.75, 3.05) is 16.3 Å². The van der Waals surface area contributed by atoms with Crippen molar-refractivity contribution in [3.63, 3.8) is 0 Å². The maximum atomic E-state index is 12.0. The van der Waals surface area contributed by atoms with Crippen LogP contribution in [0.25, 0.3) is 0 Å². The van der Waals surface area contributed by atoms with Crippen molar-refractivity contribution in [1.29, 1.82) is 0 Å². The highest BCUT2D eigenvalue weighted by Crippen LogP contribution is 2.44. The molecule has 120 valence electrons. The number of carboxylic acids is 1. The third-order valence-electron chi connectivity index (χ3n) is 3.74. The zero-order chi connectivity index (χ0) is 16.4. The maximum Gasteiger partial charge on any atom is 0.310 e. The summed E-state index contributed by atoms with van der Waals surface area (Å²) in [5, 5.41) is 11.8. The Morgan fingerprint density at radius 2 is 1.73 bits per heavy atom. The molecule has 0 aromatic heterocycles. The van der Waals surface area contributed by atoms with Gasteiger partial charge in [0.2, 0.25) is 15.9 Å². The maximum absolute atomic E-state index is 12.0. The molecular formula is C14H18N2O5S. The van der Waals surface area contributed by atoms with E-state index in [9.17, 15) is 23.1 Å².